The molecule has 7 heteroatoms. The van der Waals surface area contributed by atoms with Crippen LogP contribution >= 0.6 is 0 Å². The summed E-state index contributed by atoms with van der Waals surface area (Å²) in [6.07, 6.45) is 2.34. The molecule has 3 rings (SSSR count). The van der Waals surface area contributed by atoms with Crippen LogP contribution in [0, 0.1) is 0 Å². The third kappa shape index (κ3) is 6.31. The molecular weight excluding hydrogens is 444 g/mol. The van der Waals surface area contributed by atoms with E-state index in [2.05, 4.69) is 6.58 Å². The van der Waals surface area contributed by atoms with E-state index < -0.39 is 17.7 Å². The fraction of sp³-hybridized carbons (Fsp3) is 0.357. The first-order chi connectivity index (χ1) is 16.7. The molecule has 0 spiro atoms. The number of carbonyl (C=O) groups excluding carboxylic acids is 2. The highest BCUT2D eigenvalue weighted by Crippen LogP contribution is 2.40. The van der Waals surface area contributed by atoms with Crippen molar-refractivity contribution in [2.45, 2.75) is 32.4 Å². The van der Waals surface area contributed by atoms with Crippen LogP contribution in [-0.2, 0) is 9.59 Å². The van der Waals surface area contributed by atoms with Crippen LogP contribution in [0.3, 0.4) is 0 Å². The normalized spacial score (nSPS) is 17.3. The van der Waals surface area contributed by atoms with Crippen molar-refractivity contribution in [1.82, 2.24) is 9.80 Å². The highest BCUT2D eigenvalue weighted by Gasteiger charge is 2.45. The number of aliphatic hydroxyl groups is 1. The summed E-state index contributed by atoms with van der Waals surface area (Å²) in [7, 11) is 3.91. The molecule has 0 radical (unpaired) electrons. The molecule has 1 heterocycles. The number of aliphatic hydroxyl groups excluding tert-OH is 1. The Morgan fingerprint density at radius 2 is 1.86 bits per heavy atom. The van der Waals surface area contributed by atoms with E-state index in [1.807, 2.05) is 45.0 Å². The van der Waals surface area contributed by atoms with Gasteiger partial charge in [0.15, 0.2) is 0 Å². The van der Waals surface area contributed by atoms with Crippen molar-refractivity contribution in [3.63, 3.8) is 0 Å². The van der Waals surface area contributed by atoms with E-state index in [4.69, 9.17) is 9.47 Å². The van der Waals surface area contributed by atoms with Crippen LogP contribution in [0.5, 0.6) is 11.5 Å². The van der Waals surface area contributed by atoms with Crippen molar-refractivity contribution < 1.29 is 24.2 Å². The smallest absolute Gasteiger partial charge is 0.295 e. The number of hydrogen-bond donors (Lipinski definition) is 1. The van der Waals surface area contributed by atoms with Gasteiger partial charge in [-0.3, -0.25) is 9.59 Å². The molecule has 0 saturated carbocycles. The highest BCUT2D eigenvalue weighted by atomic mass is 16.5. The Labute approximate surface area is 207 Å². The minimum absolute atomic E-state index is 0.0116. The molecular formula is C28H34N2O5. The van der Waals surface area contributed by atoms with E-state index in [1.54, 1.807) is 47.4 Å². The first-order valence-electron chi connectivity index (χ1n) is 11.8. The predicted molar refractivity (Wildman–Crippen MR) is 137 cm³/mol. The summed E-state index contributed by atoms with van der Waals surface area (Å²) in [5, 5.41) is 11.2. The average molecular weight is 479 g/mol. The first-order valence-corrected chi connectivity index (χ1v) is 11.8. The lowest BCUT2D eigenvalue weighted by Gasteiger charge is -2.26. The lowest BCUT2D eigenvalue weighted by Crippen LogP contribution is -2.32. The zero-order valence-electron chi connectivity index (χ0n) is 20.9. The van der Waals surface area contributed by atoms with E-state index in [1.165, 1.54) is 0 Å². The maximum atomic E-state index is 13.2. The third-order valence-corrected chi connectivity index (χ3v) is 5.59. The Bertz CT molecular complexity index is 1090. The molecule has 1 atom stereocenters. The second-order valence-electron chi connectivity index (χ2n) is 9.01. The van der Waals surface area contributed by atoms with E-state index in [-0.39, 0.29) is 17.4 Å². The Morgan fingerprint density at radius 1 is 1.14 bits per heavy atom. The molecule has 186 valence electrons. The molecule has 1 aliphatic heterocycles. The Kier molecular flexibility index (Phi) is 8.71. The van der Waals surface area contributed by atoms with Crippen molar-refractivity contribution in [1.29, 1.82) is 0 Å². The molecule has 2 aromatic carbocycles. The monoisotopic (exact) mass is 478 g/mol. The van der Waals surface area contributed by atoms with Gasteiger partial charge >= 0.3 is 0 Å². The number of amides is 1. The number of likely N-dealkylation sites (tertiary alicyclic amines) is 1. The van der Waals surface area contributed by atoms with E-state index in [9.17, 15) is 14.7 Å². The van der Waals surface area contributed by atoms with Crippen molar-refractivity contribution in [3.8, 4) is 11.5 Å². The van der Waals surface area contributed by atoms with E-state index >= 15 is 0 Å². The molecule has 0 unspecified atom stereocenters. The largest absolute Gasteiger partial charge is 0.507 e. The number of ether oxygens (including phenoxy) is 2. The quantitative estimate of drug-likeness (QED) is 0.223. The van der Waals surface area contributed by atoms with Crippen LogP contribution in [0.25, 0.3) is 5.76 Å². The second kappa shape index (κ2) is 11.7. The van der Waals surface area contributed by atoms with Crippen LogP contribution in [-0.4, -0.2) is 66.5 Å². The Morgan fingerprint density at radius 3 is 2.49 bits per heavy atom. The Balaban J connectivity index is 2.05. The van der Waals surface area contributed by atoms with Gasteiger partial charge in [-0.25, -0.2) is 0 Å². The minimum atomic E-state index is -0.726. The molecule has 1 N–H and O–H groups in total. The van der Waals surface area contributed by atoms with E-state index in [0.29, 0.717) is 42.2 Å². The van der Waals surface area contributed by atoms with Crippen LogP contribution in [0.15, 0.2) is 66.8 Å². The Hall–Kier alpha value is -3.58. The highest BCUT2D eigenvalue weighted by molar-refractivity contribution is 6.46. The molecule has 0 aliphatic carbocycles. The number of nitrogens with zero attached hydrogens (tertiary/aromatic N) is 2. The van der Waals surface area contributed by atoms with Crippen molar-refractivity contribution in [3.05, 3.63) is 77.9 Å². The van der Waals surface area contributed by atoms with Gasteiger partial charge in [-0.1, -0.05) is 24.8 Å². The molecule has 0 bridgehead atoms. The molecule has 7 nitrogen and oxygen atoms in total. The lowest BCUT2D eigenvalue weighted by atomic mass is 9.95. The summed E-state index contributed by atoms with van der Waals surface area (Å²) in [6.45, 7) is 9.00. The van der Waals surface area contributed by atoms with Crippen LogP contribution in [0.2, 0.25) is 0 Å². The molecule has 1 amide bonds. The van der Waals surface area contributed by atoms with Gasteiger partial charge in [0, 0.05) is 12.1 Å². The van der Waals surface area contributed by atoms with Crippen LogP contribution in [0.4, 0.5) is 0 Å². The fourth-order valence-corrected chi connectivity index (χ4v) is 4.06. The summed E-state index contributed by atoms with van der Waals surface area (Å²) >= 11 is 0. The van der Waals surface area contributed by atoms with Gasteiger partial charge in [0.1, 0.15) is 23.9 Å². The lowest BCUT2D eigenvalue weighted by molar-refractivity contribution is -0.139. The number of benzene rings is 2. The number of hydrogen-bond acceptors (Lipinski definition) is 6. The summed E-state index contributed by atoms with van der Waals surface area (Å²) < 4.78 is 11.4. The number of ketones is 1. The second-order valence-corrected chi connectivity index (χ2v) is 9.01. The number of carbonyl (C=O) groups is 2. The minimum Gasteiger partial charge on any atom is -0.507 e. The zero-order valence-corrected chi connectivity index (χ0v) is 20.9. The fourth-order valence-electron chi connectivity index (χ4n) is 4.06. The van der Waals surface area contributed by atoms with Crippen molar-refractivity contribution in [2.75, 3.05) is 33.8 Å². The topological polar surface area (TPSA) is 79.3 Å². The summed E-state index contributed by atoms with van der Waals surface area (Å²) in [5.74, 6) is -0.275. The van der Waals surface area contributed by atoms with Gasteiger partial charge in [-0.2, -0.15) is 0 Å². The van der Waals surface area contributed by atoms with Crippen molar-refractivity contribution in [2.24, 2.45) is 0 Å². The molecule has 0 aromatic heterocycles. The number of Topliss-reactive ketones (excluding diaryl/α,β-unsaturated/α-hetero) is 1. The summed E-state index contributed by atoms with van der Waals surface area (Å²) in [5.41, 5.74) is 1.20. The molecule has 1 fully saturated rings. The summed E-state index contributed by atoms with van der Waals surface area (Å²) in [6, 6.07) is 13.4. The SMILES string of the molecule is C=CCOc1cccc([C@@H]2C(=C(O)c3ccc(OC(C)C)cc3)C(=O)C(=O)N2CCCN(C)C)c1. The van der Waals surface area contributed by atoms with Gasteiger partial charge in [0.25, 0.3) is 11.7 Å². The van der Waals surface area contributed by atoms with Gasteiger partial charge in [0.05, 0.1) is 17.7 Å². The van der Waals surface area contributed by atoms with Crippen LogP contribution in [0.1, 0.15) is 37.4 Å². The number of rotatable bonds is 11. The van der Waals surface area contributed by atoms with Gasteiger partial charge < -0.3 is 24.4 Å². The molecule has 1 saturated heterocycles. The average Bonchev–Trinajstić information content (AvgIpc) is 3.07. The van der Waals surface area contributed by atoms with Gasteiger partial charge in [0.2, 0.25) is 0 Å². The molecule has 2 aromatic rings. The zero-order chi connectivity index (χ0) is 25.5. The molecule has 1 aliphatic rings. The van der Waals surface area contributed by atoms with E-state index in [0.717, 1.165) is 6.54 Å². The maximum absolute atomic E-state index is 13.2. The van der Waals surface area contributed by atoms with Crippen molar-refractivity contribution >= 4 is 17.4 Å². The first kappa shape index (κ1) is 26.0. The molecule has 35 heavy (non-hydrogen) atoms. The summed E-state index contributed by atoms with van der Waals surface area (Å²) in [4.78, 5) is 29.9. The van der Waals surface area contributed by atoms with Gasteiger partial charge in [-0.15, -0.1) is 0 Å². The standard InChI is InChI=1S/C28H34N2O5/c1-6-17-34-23-10-7-9-21(18-23)25-24(27(32)28(33)30(25)16-8-15-29(4)5)26(31)20-11-13-22(14-12-20)35-19(2)3/h6-7,9-14,18-19,25,31H,1,8,15-17H2,2-5H3/t25-/m1/s1. The third-order valence-electron chi connectivity index (χ3n) is 5.59. The van der Waals surface area contributed by atoms with Crippen LogP contribution < -0.4 is 9.47 Å². The maximum Gasteiger partial charge on any atom is 0.295 e. The predicted octanol–water partition coefficient (Wildman–Crippen LogP) is 4.41. The van der Waals surface area contributed by atoms with Gasteiger partial charge in [-0.05, 0) is 82.9 Å².